The molecule has 1 heterocycles. The number of aromatic hydroxyl groups is 2. The summed E-state index contributed by atoms with van der Waals surface area (Å²) in [6.45, 7) is 15.6. The summed E-state index contributed by atoms with van der Waals surface area (Å²) in [6, 6.07) is 5.57. The lowest BCUT2D eigenvalue weighted by Gasteiger charge is -2.26. The molecule has 0 bridgehead atoms. The number of rotatable bonds is 4. The minimum Gasteiger partial charge on any atom is -0.507 e. The van der Waals surface area contributed by atoms with Gasteiger partial charge in [-0.2, -0.15) is 0 Å². The number of carbonyl (C=O) groups excluding carboxylic acids is 2. The van der Waals surface area contributed by atoms with Crippen molar-refractivity contribution in [3.05, 3.63) is 57.6 Å². The molecular formula is C28H37ClN2O5. The van der Waals surface area contributed by atoms with Crippen molar-refractivity contribution in [2.75, 3.05) is 6.61 Å². The van der Waals surface area contributed by atoms with Crippen LogP contribution in [0.15, 0.2) is 24.3 Å². The quantitative estimate of drug-likeness (QED) is 0.436. The van der Waals surface area contributed by atoms with Gasteiger partial charge in [-0.3, -0.25) is 9.59 Å². The Balaban J connectivity index is 1.86. The van der Waals surface area contributed by atoms with Crippen LogP contribution < -0.4 is 10.6 Å². The van der Waals surface area contributed by atoms with Crippen LogP contribution in [0, 0.1) is 13.8 Å². The number of halogens is 1. The second-order valence-corrected chi connectivity index (χ2v) is 12.1. The van der Waals surface area contributed by atoms with E-state index in [0.29, 0.717) is 11.1 Å². The highest BCUT2D eigenvalue weighted by Gasteiger charge is 2.39. The molecule has 3 rings (SSSR count). The molecule has 3 atom stereocenters. The van der Waals surface area contributed by atoms with Gasteiger partial charge >= 0.3 is 0 Å². The molecule has 0 spiro atoms. The van der Waals surface area contributed by atoms with Gasteiger partial charge in [0.25, 0.3) is 11.8 Å². The molecule has 0 aliphatic carbocycles. The number of aryl methyl sites for hydroxylation is 2. The van der Waals surface area contributed by atoms with E-state index in [-0.39, 0.29) is 40.1 Å². The zero-order valence-corrected chi connectivity index (χ0v) is 23.0. The van der Waals surface area contributed by atoms with E-state index in [9.17, 15) is 19.8 Å². The summed E-state index contributed by atoms with van der Waals surface area (Å²) in [5.41, 5.74) is 1.67. The first-order chi connectivity index (χ1) is 16.5. The highest BCUT2D eigenvalue weighted by atomic mass is 35.5. The average molecular weight is 517 g/mol. The van der Waals surface area contributed by atoms with Crippen molar-refractivity contribution in [1.82, 2.24) is 10.6 Å². The molecule has 2 aromatic rings. The Kier molecular flexibility index (Phi) is 7.68. The Labute approximate surface area is 218 Å². The topological polar surface area (TPSA) is 108 Å². The first-order valence-corrected chi connectivity index (χ1v) is 12.5. The first kappa shape index (κ1) is 27.8. The molecular weight excluding hydrogens is 480 g/mol. The van der Waals surface area contributed by atoms with Gasteiger partial charge in [0.2, 0.25) is 0 Å². The molecule has 1 aliphatic heterocycles. The summed E-state index contributed by atoms with van der Waals surface area (Å²) in [5, 5.41) is 27.4. The fraction of sp³-hybridized carbons (Fsp3) is 0.500. The maximum absolute atomic E-state index is 13.2. The Bertz CT molecular complexity index is 1180. The lowest BCUT2D eigenvalue weighted by atomic mass is 9.84. The number of benzene rings is 2. The minimum atomic E-state index is -0.885. The van der Waals surface area contributed by atoms with E-state index < -0.39 is 29.5 Å². The molecule has 4 N–H and O–H groups in total. The Hall–Kier alpha value is -2.77. The summed E-state index contributed by atoms with van der Waals surface area (Å²) in [4.78, 5) is 26.4. The summed E-state index contributed by atoms with van der Waals surface area (Å²) < 4.78 is 5.53. The number of phenols is 2. The minimum absolute atomic E-state index is 0.0769. The fourth-order valence-electron chi connectivity index (χ4n) is 4.41. The molecule has 36 heavy (non-hydrogen) atoms. The van der Waals surface area contributed by atoms with Crippen molar-refractivity contribution in [2.45, 2.75) is 83.9 Å². The molecule has 0 radical (unpaired) electrons. The largest absolute Gasteiger partial charge is 0.507 e. The highest BCUT2D eigenvalue weighted by molar-refractivity contribution is 6.20. The second-order valence-electron chi connectivity index (χ2n) is 11.7. The van der Waals surface area contributed by atoms with Gasteiger partial charge in [0.1, 0.15) is 11.5 Å². The number of nitrogens with one attached hydrogen (secondary N) is 2. The van der Waals surface area contributed by atoms with Crippen molar-refractivity contribution in [3.8, 4) is 11.5 Å². The smallest absolute Gasteiger partial charge is 0.255 e. The predicted molar refractivity (Wildman–Crippen MR) is 141 cm³/mol. The van der Waals surface area contributed by atoms with Gasteiger partial charge in [-0.1, -0.05) is 65.3 Å². The van der Waals surface area contributed by atoms with E-state index in [2.05, 4.69) is 10.6 Å². The SMILES string of the molecule is Cc1cc(C(=O)N[C@@H]2C(Cl)OC[C@H]2NC(=O)c2cc(C)cc(C(C)(C)C)c2O)c(O)c(C(C)(C)C)c1. The molecule has 196 valence electrons. The number of hydrogen-bond acceptors (Lipinski definition) is 5. The van der Waals surface area contributed by atoms with E-state index in [0.717, 1.165) is 11.1 Å². The van der Waals surface area contributed by atoms with Crippen LogP contribution in [0.5, 0.6) is 11.5 Å². The van der Waals surface area contributed by atoms with Gasteiger partial charge in [0, 0.05) is 11.1 Å². The van der Waals surface area contributed by atoms with Crippen LogP contribution in [0.3, 0.4) is 0 Å². The van der Waals surface area contributed by atoms with Crippen LogP contribution in [0.25, 0.3) is 0 Å². The average Bonchev–Trinajstić information content (AvgIpc) is 3.08. The summed E-state index contributed by atoms with van der Waals surface area (Å²) >= 11 is 6.35. The lowest BCUT2D eigenvalue weighted by Crippen LogP contribution is -2.52. The summed E-state index contributed by atoms with van der Waals surface area (Å²) in [6.07, 6.45) is 0. The van der Waals surface area contributed by atoms with Crippen LogP contribution >= 0.6 is 11.6 Å². The van der Waals surface area contributed by atoms with E-state index in [1.54, 1.807) is 12.1 Å². The number of amides is 2. The van der Waals surface area contributed by atoms with E-state index in [1.165, 1.54) is 0 Å². The van der Waals surface area contributed by atoms with Crippen LogP contribution in [0.4, 0.5) is 0 Å². The molecule has 8 heteroatoms. The highest BCUT2D eigenvalue weighted by Crippen LogP contribution is 2.36. The summed E-state index contributed by atoms with van der Waals surface area (Å²) in [7, 11) is 0. The van der Waals surface area contributed by atoms with E-state index >= 15 is 0 Å². The monoisotopic (exact) mass is 516 g/mol. The van der Waals surface area contributed by atoms with Crippen LogP contribution in [-0.4, -0.2) is 46.3 Å². The zero-order chi connectivity index (χ0) is 27.2. The first-order valence-electron chi connectivity index (χ1n) is 12.1. The molecule has 2 aromatic carbocycles. The third-order valence-corrected chi connectivity index (χ3v) is 6.78. The van der Waals surface area contributed by atoms with Gasteiger partial charge in [0.05, 0.1) is 29.8 Å². The molecule has 1 saturated heterocycles. The van der Waals surface area contributed by atoms with Crippen molar-refractivity contribution in [2.24, 2.45) is 0 Å². The molecule has 1 fully saturated rings. The van der Waals surface area contributed by atoms with Crippen molar-refractivity contribution < 1.29 is 24.5 Å². The van der Waals surface area contributed by atoms with Crippen molar-refractivity contribution in [3.63, 3.8) is 0 Å². The molecule has 1 aliphatic rings. The number of carbonyl (C=O) groups is 2. The number of hydrogen-bond donors (Lipinski definition) is 4. The van der Waals surface area contributed by atoms with Gasteiger partial charge in [-0.25, -0.2) is 0 Å². The van der Waals surface area contributed by atoms with Crippen molar-refractivity contribution in [1.29, 1.82) is 0 Å². The Morgan fingerprint density at radius 1 is 0.833 bits per heavy atom. The molecule has 2 amide bonds. The number of ether oxygens (including phenoxy) is 1. The fourth-order valence-corrected chi connectivity index (χ4v) is 4.72. The maximum Gasteiger partial charge on any atom is 0.255 e. The van der Waals surface area contributed by atoms with Crippen molar-refractivity contribution >= 4 is 23.4 Å². The molecule has 7 nitrogen and oxygen atoms in total. The van der Waals surface area contributed by atoms with Crippen LogP contribution in [-0.2, 0) is 15.6 Å². The van der Waals surface area contributed by atoms with Gasteiger partial charge < -0.3 is 25.6 Å². The van der Waals surface area contributed by atoms with Crippen LogP contribution in [0.2, 0.25) is 0 Å². The van der Waals surface area contributed by atoms with E-state index in [4.69, 9.17) is 16.3 Å². The third-order valence-electron chi connectivity index (χ3n) is 6.38. The molecule has 0 saturated carbocycles. The number of alkyl halides is 1. The third kappa shape index (κ3) is 5.79. The normalized spacial score (nSPS) is 20.3. The number of phenolic OH excluding ortho intramolecular Hbond substituents is 2. The Morgan fingerprint density at radius 3 is 1.67 bits per heavy atom. The van der Waals surface area contributed by atoms with Crippen LogP contribution in [0.1, 0.15) is 84.5 Å². The van der Waals surface area contributed by atoms with Gasteiger partial charge in [-0.05, 0) is 47.9 Å². The molecule has 0 aromatic heterocycles. The summed E-state index contributed by atoms with van der Waals surface area (Å²) in [5.74, 6) is -1.17. The van der Waals surface area contributed by atoms with Gasteiger partial charge in [-0.15, -0.1) is 0 Å². The van der Waals surface area contributed by atoms with Gasteiger partial charge in [0.15, 0.2) is 5.56 Å². The zero-order valence-electron chi connectivity index (χ0n) is 22.2. The van der Waals surface area contributed by atoms with E-state index in [1.807, 2.05) is 67.5 Å². The Morgan fingerprint density at radius 2 is 1.25 bits per heavy atom. The molecule has 1 unspecified atom stereocenters. The standard InChI is InChI=1S/C28H37ClN2O5/c1-14-9-16(22(32)18(11-14)27(3,4)5)25(34)30-20-13-36-24(29)21(20)31-26(35)17-10-15(2)12-19(23(17)33)28(6,7)8/h9-12,20-21,24,32-33H,13H2,1-8H3,(H,30,34)(H,31,35)/t20-,21+,24?/m1/s1. The maximum atomic E-state index is 13.2. The predicted octanol–water partition coefficient (Wildman–Crippen LogP) is 4.80. The lowest BCUT2D eigenvalue weighted by molar-refractivity contribution is 0.0890. The second kappa shape index (κ2) is 9.94.